The standard InChI is InChI=1S/C44H31BN2/c1-26-20-22-29(23-21-26)47-37-19-10-9-16-31(37)33-25-32(27-12-5-4-6-13-27)39-38-30-15-8-7-14-28(30)24-35-42(38)46-41-34(44(35,2)3)17-11-18-36(41)45(47)40(33)43(39)46/h4-25H,1-3H3. The zero-order valence-electron chi connectivity index (χ0n) is 26.7. The highest BCUT2D eigenvalue weighted by Crippen LogP contribution is 2.54. The SMILES string of the molecule is Cc1ccc(N2B3c4cccc5c4-n4c6c3c(cc(-c3ccccc3)c6c3c6ccccc6cc(c34)C5(C)C)-c3ccccc32)cc1. The molecule has 2 nitrogen and oxygen atoms in total. The van der Waals surface area contributed by atoms with Crippen molar-refractivity contribution in [1.82, 2.24) is 4.57 Å². The summed E-state index contributed by atoms with van der Waals surface area (Å²) in [5.74, 6) is 0. The maximum Gasteiger partial charge on any atom is 0.333 e. The number of para-hydroxylation sites is 2. The molecule has 1 aromatic heterocycles. The fourth-order valence-electron chi connectivity index (χ4n) is 9.30. The zero-order valence-corrected chi connectivity index (χ0v) is 26.7. The topological polar surface area (TPSA) is 8.17 Å². The first kappa shape index (κ1) is 25.6. The number of benzene rings is 7. The van der Waals surface area contributed by atoms with Crippen molar-refractivity contribution in [2.45, 2.75) is 26.2 Å². The van der Waals surface area contributed by atoms with Gasteiger partial charge < -0.3 is 9.38 Å². The van der Waals surface area contributed by atoms with Crippen LogP contribution >= 0.6 is 0 Å². The minimum absolute atomic E-state index is 0.0327. The van der Waals surface area contributed by atoms with E-state index in [4.69, 9.17) is 0 Å². The lowest BCUT2D eigenvalue weighted by Gasteiger charge is -2.44. The average molecular weight is 599 g/mol. The van der Waals surface area contributed by atoms with E-state index >= 15 is 0 Å². The fraction of sp³-hybridized carbons (Fsp3) is 0.0909. The van der Waals surface area contributed by atoms with Gasteiger partial charge in [-0.3, -0.25) is 0 Å². The van der Waals surface area contributed by atoms with Gasteiger partial charge in [0, 0.05) is 38.8 Å². The van der Waals surface area contributed by atoms with Crippen LogP contribution in [0.15, 0.2) is 133 Å². The van der Waals surface area contributed by atoms with Gasteiger partial charge in [-0.05, 0) is 86.8 Å². The van der Waals surface area contributed by atoms with E-state index in [-0.39, 0.29) is 12.3 Å². The summed E-state index contributed by atoms with van der Waals surface area (Å²) < 4.78 is 2.69. The van der Waals surface area contributed by atoms with E-state index in [1.165, 1.54) is 99.5 Å². The number of hydrogen-bond donors (Lipinski definition) is 0. The number of fused-ring (bicyclic) bond motifs is 6. The highest BCUT2D eigenvalue weighted by atomic mass is 15.1. The molecule has 3 aliphatic heterocycles. The van der Waals surface area contributed by atoms with Crippen LogP contribution in [0.2, 0.25) is 0 Å². The van der Waals surface area contributed by atoms with E-state index in [1.54, 1.807) is 0 Å². The van der Waals surface area contributed by atoms with Gasteiger partial charge in [0.1, 0.15) is 0 Å². The first-order valence-electron chi connectivity index (χ1n) is 16.7. The van der Waals surface area contributed by atoms with Crippen molar-refractivity contribution in [3.05, 3.63) is 150 Å². The summed E-state index contributed by atoms with van der Waals surface area (Å²) in [7, 11) is 0. The molecule has 0 aliphatic carbocycles. The van der Waals surface area contributed by atoms with Crippen LogP contribution in [0.3, 0.4) is 0 Å². The third-order valence-electron chi connectivity index (χ3n) is 11.4. The van der Waals surface area contributed by atoms with Crippen LogP contribution in [0.5, 0.6) is 0 Å². The molecule has 0 N–H and O–H groups in total. The van der Waals surface area contributed by atoms with Gasteiger partial charge in [-0.25, -0.2) is 0 Å². The van der Waals surface area contributed by atoms with Crippen LogP contribution in [-0.2, 0) is 5.41 Å². The summed E-state index contributed by atoms with van der Waals surface area (Å²) in [6.45, 7) is 7.07. The Morgan fingerprint density at radius 3 is 2.21 bits per heavy atom. The predicted octanol–water partition coefficient (Wildman–Crippen LogP) is 9.79. The normalized spacial score (nSPS) is 14.8. The van der Waals surface area contributed by atoms with E-state index in [0.717, 1.165) is 0 Å². The molecule has 3 heteroatoms. The summed E-state index contributed by atoms with van der Waals surface area (Å²) in [6, 6.07) is 50.3. The van der Waals surface area contributed by atoms with Gasteiger partial charge in [0.25, 0.3) is 0 Å². The summed E-state index contributed by atoms with van der Waals surface area (Å²) in [5, 5.41) is 5.38. The van der Waals surface area contributed by atoms with Crippen molar-refractivity contribution in [1.29, 1.82) is 0 Å². The third-order valence-corrected chi connectivity index (χ3v) is 11.4. The Kier molecular flexibility index (Phi) is 4.71. The molecule has 11 rings (SSSR count). The molecular formula is C44H31BN2. The molecule has 0 saturated heterocycles. The quantitative estimate of drug-likeness (QED) is 0.180. The van der Waals surface area contributed by atoms with Crippen molar-refractivity contribution in [3.8, 4) is 27.9 Å². The molecule has 0 saturated carbocycles. The van der Waals surface area contributed by atoms with E-state index in [9.17, 15) is 0 Å². The molecule has 0 fully saturated rings. The highest BCUT2D eigenvalue weighted by Gasteiger charge is 2.48. The van der Waals surface area contributed by atoms with Crippen LogP contribution in [0.4, 0.5) is 11.4 Å². The average Bonchev–Trinajstić information content (AvgIpc) is 3.47. The Morgan fingerprint density at radius 2 is 1.36 bits per heavy atom. The van der Waals surface area contributed by atoms with Gasteiger partial charge in [-0.2, -0.15) is 0 Å². The van der Waals surface area contributed by atoms with E-state index in [1.807, 2.05) is 0 Å². The molecule has 0 bridgehead atoms. The van der Waals surface area contributed by atoms with Crippen LogP contribution in [0.25, 0.3) is 60.5 Å². The number of anilines is 2. The van der Waals surface area contributed by atoms with E-state index in [2.05, 4.69) is 164 Å². The lowest BCUT2D eigenvalue weighted by Crippen LogP contribution is -2.61. The van der Waals surface area contributed by atoms with Crippen molar-refractivity contribution in [2.75, 3.05) is 4.81 Å². The predicted molar refractivity (Wildman–Crippen MR) is 200 cm³/mol. The molecule has 4 heterocycles. The van der Waals surface area contributed by atoms with Crippen molar-refractivity contribution >= 4 is 61.7 Å². The van der Waals surface area contributed by atoms with Gasteiger partial charge in [-0.15, -0.1) is 0 Å². The largest absolute Gasteiger partial charge is 0.376 e. The molecule has 0 atom stereocenters. The van der Waals surface area contributed by atoms with Gasteiger partial charge in [0.05, 0.1) is 11.0 Å². The minimum atomic E-state index is -0.174. The summed E-state index contributed by atoms with van der Waals surface area (Å²) >= 11 is 0. The second kappa shape index (κ2) is 8.63. The summed E-state index contributed by atoms with van der Waals surface area (Å²) in [4.78, 5) is 2.62. The molecule has 0 spiro atoms. The fourth-order valence-corrected chi connectivity index (χ4v) is 9.30. The molecule has 8 aromatic rings. The van der Waals surface area contributed by atoms with Gasteiger partial charge in [0.2, 0.25) is 0 Å². The van der Waals surface area contributed by atoms with E-state index < -0.39 is 0 Å². The molecular weight excluding hydrogens is 567 g/mol. The maximum absolute atomic E-state index is 2.69. The molecule has 220 valence electrons. The number of aromatic nitrogens is 1. The zero-order chi connectivity index (χ0) is 31.2. The summed E-state index contributed by atoms with van der Waals surface area (Å²) in [6.07, 6.45) is 0. The Labute approximate surface area is 274 Å². The lowest BCUT2D eigenvalue weighted by molar-refractivity contribution is 0.632. The number of hydrogen-bond acceptors (Lipinski definition) is 1. The van der Waals surface area contributed by atoms with Crippen molar-refractivity contribution < 1.29 is 0 Å². The Bertz CT molecular complexity index is 2660. The monoisotopic (exact) mass is 598 g/mol. The Balaban J connectivity index is 1.45. The molecule has 0 radical (unpaired) electrons. The molecule has 47 heavy (non-hydrogen) atoms. The molecule has 7 aromatic carbocycles. The number of rotatable bonds is 2. The van der Waals surface area contributed by atoms with E-state index in [0.29, 0.717) is 0 Å². The first-order valence-corrected chi connectivity index (χ1v) is 16.7. The molecule has 0 unspecified atom stereocenters. The summed E-state index contributed by atoms with van der Waals surface area (Å²) in [5.41, 5.74) is 18.5. The molecule has 3 aliphatic rings. The van der Waals surface area contributed by atoms with Crippen molar-refractivity contribution in [3.63, 3.8) is 0 Å². The molecule has 0 amide bonds. The van der Waals surface area contributed by atoms with Crippen LogP contribution < -0.4 is 15.7 Å². The maximum atomic E-state index is 2.69. The second-order valence-electron chi connectivity index (χ2n) is 14.2. The number of nitrogens with zero attached hydrogens (tertiary/aromatic N) is 2. The Morgan fingerprint density at radius 1 is 0.596 bits per heavy atom. The van der Waals surface area contributed by atoms with Crippen LogP contribution in [-0.4, -0.2) is 11.4 Å². The number of aryl methyl sites for hydroxylation is 1. The van der Waals surface area contributed by atoms with Crippen LogP contribution in [0, 0.1) is 6.92 Å². The van der Waals surface area contributed by atoms with Gasteiger partial charge in [-0.1, -0.05) is 123 Å². The smallest absolute Gasteiger partial charge is 0.333 e. The minimum Gasteiger partial charge on any atom is -0.376 e. The first-order chi connectivity index (χ1) is 23.0. The van der Waals surface area contributed by atoms with Gasteiger partial charge in [0.15, 0.2) is 0 Å². The van der Waals surface area contributed by atoms with Crippen LogP contribution in [0.1, 0.15) is 30.5 Å². The van der Waals surface area contributed by atoms with Gasteiger partial charge >= 0.3 is 6.85 Å². The van der Waals surface area contributed by atoms with Crippen molar-refractivity contribution in [2.24, 2.45) is 0 Å². The second-order valence-corrected chi connectivity index (χ2v) is 14.2. The third kappa shape index (κ3) is 3.03. The Hall–Kier alpha value is -5.54. The lowest BCUT2D eigenvalue weighted by atomic mass is 9.43. The highest BCUT2D eigenvalue weighted by molar-refractivity contribution is 6.94.